The van der Waals surface area contributed by atoms with Crippen LogP contribution in [0.2, 0.25) is 0 Å². The molecule has 0 radical (unpaired) electrons. The van der Waals surface area contributed by atoms with Crippen molar-refractivity contribution in [2.24, 2.45) is 5.92 Å². The monoisotopic (exact) mass is 244 g/mol. The summed E-state index contributed by atoms with van der Waals surface area (Å²) < 4.78 is 37.8. The average molecular weight is 244 g/mol. The first-order chi connectivity index (χ1) is 8.07. The van der Waals surface area contributed by atoms with Crippen molar-refractivity contribution in [1.82, 2.24) is 10.3 Å². The van der Waals surface area contributed by atoms with Crippen LogP contribution in [-0.2, 0) is 0 Å². The Morgan fingerprint density at radius 2 is 2.06 bits per heavy atom. The molecule has 0 saturated carbocycles. The standard InChI is InChI=1S/C12H15F3N2/c13-12(14,15)10-3-4-11(17-7-5-10)9-2-1-6-16-8-9/h1-2,6,8,10-11,17H,3-5,7H2/t10-,11+/m1/s1. The molecule has 1 aromatic rings. The first-order valence-electron chi connectivity index (χ1n) is 5.77. The molecule has 0 aromatic carbocycles. The maximum absolute atomic E-state index is 12.6. The molecule has 1 saturated heterocycles. The van der Waals surface area contributed by atoms with E-state index in [9.17, 15) is 13.2 Å². The maximum Gasteiger partial charge on any atom is 0.391 e. The normalized spacial score (nSPS) is 26.5. The summed E-state index contributed by atoms with van der Waals surface area (Å²) in [5.41, 5.74) is 0.968. The van der Waals surface area contributed by atoms with Crippen molar-refractivity contribution in [2.45, 2.75) is 31.5 Å². The summed E-state index contributed by atoms with van der Waals surface area (Å²) in [5.74, 6) is -1.17. The van der Waals surface area contributed by atoms with Crippen LogP contribution in [-0.4, -0.2) is 17.7 Å². The van der Waals surface area contributed by atoms with Gasteiger partial charge in [0.1, 0.15) is 0 Å². The highest BCUT2D eigenvalue weighted by molar-refractivity contribution is 5.14. The zero-order valence-corrected chi connectivity index (χ0v) is 9.37. The number of nitrogens with one attached hydrogen (secondary N) is 1. The van der Waals surface area contributed by atoms with E-state index in [0.717, 1.165) is 5.56 Å². The van der Waals surface area contributed by atoms with Crippen LogP contribution in [0.15, 0.2) is 24.5 Å². The minimum absolute atomic E-state index is 0.00366. The molecule has 1 N–H and O–H groups in total. The predicted octanol–water partition coefficient (Wildman–Crippen LogP) is 3.07. The van der Waals surface area contributed by atoms with Crippen LogP contribution in [0.4, 0.5) is 13.2 Å². The van der Waals surface area contributed by atoms with E-state index >= 15 is 0 Å². The van der Waals surface area contributed by atoms with Crippen LogP contribution < -0.4 is 5.32 Å². The summed E-state index contributed by atoms with van der Waals surface area (Å²) in [6.07, 6.45) is 0.183. The van der Waals surface area contributed by atoms with E-state index in [0.29, 0.717) is 13.0 Å². The van der Waals surface area contributed by atoms with Crippen molar-refractivity contribution < 1.29 is 13.2 Å². The highest BCUT2D eigenvalue weighted by Gasteiger charge is 2.40. The smallest absolute Gasteiger partial charge is 0.310 e. The van der Waals surface area contributed by atoms with Crippen LogP contribution in [0.1, 0.15) is 30.9 Å². The van der Waals surface area contributed by atoms with E-state index in [4.69, 9.17) is 0 Å². The van der Waals surface area contributed by atoms with Gasteiger partial charge in [0.15, 0.2) is 0 Å². The highest BCUT2D eigenvalue weighted by atomic mass is 19.4. The first-order valence-corrected chi connectivity index (χ1v) is 5.77. The lowest BCUT2D eigenvalue weighted by Crippen LogP contribution is -2.24. The number of hydrogen-bond acceptors (Lipinski definition) is 2. The molecule has 1 fully saturated rings. The second kappa shape index (κ2) is 5.04. The second-order valence-electron chi connectivity index (χ2n) is 4.40. The van der Waals surface area contributed by atoms with Crippen molar-refractivity contribution >= 4 is 0 Å². The third-order valence-corrected chi connectivity index (χ3v) is 3.24. The molecule has 94 valence electrons. The van der Waals surface area contributed by atoms with Gasteiger partial charge < -0.3 is 5.32 Å². The minimum Gasteiger partial charge on any atom is -0.310 e. The molecular formula is C12H15F3N2. The fraction of sp³-hybridized carbons (Fsp3) is 0.583. The van der Waals surface area contributed by atoms with Crippen LogP contribution in [0, 0.1) is 5.92 Å². The van der Waals surface area contributed by atoms with Gasteiger partial charge in [0, 0.05) is 18.4 Å². The molecule has 2 heterocycles. The van der Waals surface area contributed by atoms with Gasteiger partial charge in [0.05, 0.1) is 5.92 Å². The first kappa shape index (κ1) is 12.4. The Labute approximate surface area is 98.2 Å². The van der Waals surface area contributed by atoms with Gasteiger partial charge in [0.25, 0.3) is 0 Å². The predicted molar refractivity (Wildman–Crippen MR) is 58.4 cm³/mol. The molecule has 2 rings (SSSR count). The van der Waals surface area contributed by atoms with Gasteiger partial charge in [0.2, 0.25) is 0 Å². The van der Waals surface area contributed by atoms with Gasteiger partial charge in [-0.3, -0.25) is 4.98 Å². The molecule has 0 amide bonds. The highest BCUT2D eigenvalue weighted by Crippen LogP contribution is 2.36. The quantitative estimate of drug-likeness (QED) is 0.821. The average Bonchev–Trinajstić information content (AvgIpc) is 2.55. The third kappa shape index (κ3) is 3.19. The summed E-state index contributed by atoms with van der Waals surface area (Å²) in [6, 6.07) is 3.71. The third-order valence-electron chi connectivity index (χ3n) is 3.24. The van der Waals surface area contributed by atoms with Crippen LogP contribution in [0.25, 0.3) is 0 Å². The number of halogens is 3. The molecule has 5 heteroatoms. The maximum atomic E-state index is 12.6. The lowest BCUT2D eigenvalue weighted by atomic mass is 9.97. The zero-order valence-electron chi connectivity index (χ0n) is 9.37. The zero-order chi connectivity index (χ0) is 12.3. The molecular weight excluding hydrogens is 229 g/mol. The number of rotatable bonds is 1. The van der Waals surface area contributed by atoms with E-state index in [2.05, 4.69) is 10.3 Å². The van der Waals surface area contributed by atoms with Gasteiger partial charge in [-0.05, 0) is 37.4 Å². The molecule has 0 spiro atoms. The van der Waals surface area contributed by atoms with Gasteiger partial charge in [-0.25, -0.2) is 0 Å². The molecule has 1 aliphatic heterocycles. The van der Waals surface area contributed by atoms with Crippen molar-refractivity contribution in [3.63, 3.8) is 0 Å². The van der Waals surface area contributed by atoms with Crippen molar-refractivity contribution in [3.05, 3.63) is 30.1 Å². The van der Waals surface area contributed by atoms with E-state index in [1.165, 1.54) is 0 Å². The SMILES string of the molecule is FC(F)(F)[C@H]1CCN[C@H](c2cccnc2)CC1. The molecule has 0 aliphatic carbocycles. The number of aromatic nitrogens is 1. The largest absolute Gasteiger partial charge is 0.391 e. The number of pyridine rings is 1. The summed E-state index contributed by atoms with van der Waals surface area (Å²) in [5, 5.41) is 3.16. The Morgan fingerprint density at radius 1 is 1.24 bits per heavy atom. The van der Waals surface area contributed by atoms with Gasteiger partial charge in [-0.15, -0.1) is 0 Å². The minimum atomic E-state index is -4.06. The van der Waals surface area contributed by atoms with Crippen LogP contribution >= 0.6 is 0 Å². The van der Waals surface area contributed by atoms with E-state index in [-0.39, 0.29) is 18.9 Å². The summed E-state index contributed by atoms with van der Waals surface area (Å²) >= 11 is 0. The van der Waals surface area contributed by atoms with Crippen molar-refractivity contribution in [3.8, 4) is 0 Å². The van der Waals surface area contributed by atoms with Gasteiger partial charge in [-0.1, -0.05) is 6.07 Å². The Kier molecular flexibility index (Phi) is 3.66. The summed E-state index contributed by atoms with van der Waals surface area (Å²) in [7, 11) is 0. The number of hydrogen-bond donors (Lipinski definition) is 1. The molecule has 2 nitrogen and oxygen atoms in total. The van der Waals surface area contributed by atoms with Crippen LogP contribution in [0.5, 0.6) is 0 Å². The van der Waals surface area contributed by atoms with E-state index in [1.54, 1.807) is 12.4 Å². The summed E-state index contributed by atoms with van der Waals surface area (Å²) in [6.45, 7) is 0.406. The molecule has 1 aromatic heterocycles. The van der Waals surface area contributed by atoms with E-state index < -0.39 is 12.1 Å². The second-order valence-corrected chi connectivity index (χ2v) is 4.40. The van der Waals surface area contributed by atoms with Gasteiger partial charge >= 0.3 is 6.18 Å². The Balaban J connectivity index is 2.01. The van der Waals surface area contributed by atoms with Crippen molar-refractivity contribution in [2.75, 3.05) is 6.54 Å². The fourth-order valence-corrected chi connectivity index (χ4v) is 2.24. The Bertz CT molecular complexity index is 351. The lowest BCUT2D eigenvalue weighted by Gasteiger charge is -2.17. The number of alkyl halides is 3. The Morgan fingerprint density at radius 3 is 2.71 bits per heavy atom. The van der Waals surface area contributed by atoms with Crippen LogP contribution in [0.3, 0.4) is 0 Å². The lowest BCUT2D eigenvalue weighted by molar-refractivity contribution is -0.176. The molecule has 0 bridgehead atoms. The van der Waals surface area contributed by atoms with Crippen molar-refractivity contribution in [1.29, 1.82) is 0 Å². The molecule has 1 aliphatic rings. The topological polar surface area (TPSA) is 24.9 Å². The molecule has 2 atom stereocenters. The summed E-state index contributed by atoms with van der Waals surface area (Å²) in [4.78, 5) is 4.00. The number of nitrogens with zero attached hydrogens (tertiary/aromatic N) is 1. The Hall–Kier alpha value is -1.10. The van der Waals surface area contributed by atoms with E-state index in [1.807, 2.05) is 12.1 Å². The fourth-order valence-electron chi connectivity index (χ4n) is 2.24. The molecule has 0 unspecified atom stereocenters. The van der Waals surface area contributed by atoms with Gasteiger partial charge in [-0.2, -0.15) is 13.2 Å². The molecule has 17 heavy (non-hydrogen) atoms.